The van der Waals surface area contributed by atoms with Crippen LogP contribution in [0.1, 0.15) is 26.3 Å². The molecule has 0 saturated carbocycles. The van der Waals surface area contributed by atoms with Gasteiger partial charge in [0.15, 0.2) is 0 Å². The van der Waals surface area contributed by atoms with Gasteiger partial charge < -0.3 is 0 Å². The third-order valence-corrected chi connectivity index (χ3v) is 4.14. The summed E-state index contributed by atoms with van der Waals surface area (Å²) in [4.78, 5) is 0. The SMILES string of the molecule is CC(C)(C)SCC(Cc1ccc(F)c(Cl)c1)NN. The third-order valence-electron chi connectivity index (χ3n) is 2.42. The van der Waals surface area contributed by atoms with E-state index in [0.29, 0.717) is 0 Å². The summed E-state index contributed by atoms with van der Waals surface area (Å²) in [5, 5.41) is 0.159. The van der Waals surface area contributed by atoms with Crippen LogP contribution in [0.25, 0.3) is 0 Å². The number of hydrazine groups is 1. The van der Waals surface area contributed by atoms with Crippen molar-refractivity contribution in [2.75, 3.05) is 5.75 Å². The van der Waals surface area contributed by atoms with Crippen LogP contribution in [0.15, 0.2) is 18.2 Å². The first-order chi connectivity index (χ1) is 8.31. The number of rotatable bonds is 5. The average molecular weight is 291 g/mol. The van der Waals surface area contributed by atoms with Gasteiger partial charge in [-0.05, 0) is 24.1 Å². The Hall–Kier alpha value is -0.290. The average Bonchev–Trinajstić information content (AvgIpc) is 2.28. The maximum atomic E-state index is 13.0. The Morgan fingerprint density at radius 3 is 2.61 bits per heavy atom. The van der Waals surface area contributed by atoms with Crippen molar-refractivity contribution in [3.8, 4) is 0 Å². The van der Waals surface area contributed by atoms with Gasteiger partial charge in [-0.15, -0.1) is 0 Å². The third kappa shape index (κ3) is 5.57. The van der Waals surface area contributed by atoms with Crippen LogP contribution in [0.2, 0.25) is 5.02 Å². The topological polar surface area (TPSA) is 38.0 Å². The first kappa shape index (κ1) is 15.8. The summed E-state index contributed by atoms with van der Waals surface area (Å²) in [7, 11) is 0. The molecule has 1 atom stereocenters. The number of hydrogen-bond donors (Lipinski definition) is 2. The highest BCUT2D eigenvalue weighted by Gasteiger charge is 2.15. The van der Waals surface area contributed by atoms with Gasteiger partial charge in [-0.1, -0.05) is 38.4 Å². The van der Waals surface area contributed by atoms with E-state index >= 15 is 0 Å². The monoisotopic (exact) mass is 290 g/mol. The van der Waals surface area contributed by atoms with Crippen molar-refractivity contribution in [2.45, 2.75) is 38.0 Å². The fourth-order valence-electron chi connectivity index (χ4n) is 1.47. The number of hydrogen-bond acceptors (Lipinski definition) is 3. The van der Waals surface area contributed by atoms with Crippen LogP contribution in [0.3, 0.4) is 0 Å². The molecule has 2 nitrogen and oxygen atoms in total. The van der Waals surface area contributed by atoms with E-state index in [2.05, 4.69) is 26.2 Å². The van der Waals surface area contributed by atoms with E-state index in [0.717, 1.165) is 17.7 Å². The predicted octanol–water partition coefficient (Wildman–Crippen LogP) is 3.39. The fraction of sp³-hybridized carbons (Fsp3) is 0.538. The normalized spacial score (nSPS) is 13.7. The van der Waals surface area contributed by atoms with Gasteiger partial charge in [-0.25, -0.2) is 4.39 Å². The quantitative estimate of drug-likeness (QED) is 0.645. The minimum atomic E-state index is -0.387. The Labute approximate surface area is 117 Å². The Bertz CT molecular complexity index is 393. The number of benzene rings is 1. The molecule has 5 heteroatoms. The van der Waals surface area contributed by atoms with Gasteiger partial charge in [0.1, 0.15) is 5.82 Å². The second kappa shape index (κ2) is 6.75. The summed E-state index contributed by atoms with van der Waals surface area (Å²) < 4.78 is 13.2. The second-order valence-corrected chi connectivity index (χ2v) is 7.49. The molecule has 0 amide bonds. The van der Waals surface area contributed by atoms with Gasteiger partial charge >= 0.3 is 0 Å². The summed E-state index contributed by atoms with van der Waals surface area (Å²) in [5.41, 5.74) is 3.78. The zero-order valence-electron chi connectivity index (χ0n) is 11.0. The van der Waals surface area contributed by atoms with Crippen LogP contribution >= 0.6 is 23.4 Å². The molecule has 0 heterocycles. The summed E-state index contributed by atoms with van der Waals surface area (Å²) in [6.45, 7) is 6.50. The molecular formula is C13H20ClFN2S. The Balaban J connectivity index is 2.59. The zero-order valence-corrected chi connectivity index (χ0v) is 12.5. The number of nitrogens with two attached hydrogens (primary N) is 1. The van der Waals surface area contributed by atoms with Gasteiger partial charge in [-0.3, -0.25) is 11.3 Å². The van der Waals surface area contributed by atoms with E-state index < -0.39 is 0 Å². The number of halogens is 2. The molecule has 0 aliphatic heterocycles. The Kier molecular flexibility index (Phi) is 5.92. The molecule has 18 heavy (non-hydrogen) atoms. The molecule has 0 spiro atoms. The predicted molar refractivity (Wildman–Crippen MR) is 78.4 cm³/mol. The summed E-state index contributed by atoms with van der Waals surface area (Å²) in [6.07, 6.45) is 0.736. The highest BCUT2D eigenvalue weighted by molar-refractivity contribution is 8.00. The van der Waals surface area contributed by atoms with Crippen LogP contribution in [-0.4, -0.2) is 16.5 Å². The van der Waals surface area contributed by atoms with Gasteiger partial charge in [0.25, 0.3) is 0 Å². The van der Waals surface area contributed by atoms with Gasteiger partial charge in [-0.2, -0.15) is 11.8 Å². The molecule has 0 bridgehead atoms. The molecule has 1 unspecified atom stereocenters. The lowest BCUT2D eigenvalue weighted by Gasteiger charge is -2.22. The standard InChI is InChI=1S/C13H20ClFN2S/c1-13(2,3)18-8-10(17-16)6-9-4-5-12(15)11(14)7-9/h4-5,7,10,17H,6,8,16H2,1-3H3. The Morgan fingerprint density at radius 2 is 2.11 bits per heavy atom. The lowest BCUT2D eigenvalue weighted by Crippen LogP contribution is -2.39. The molecule has 1 rings (SSSR count). The van der Waals surface area contributed by atoms with Crippen molar-refractivity contribution < 1.29 is 4.39 Å². The minimum Gasteiger partial charge on any atom is -0.271 e. The van der Waals surface area contributed by atoms with Crippen LogP contribution in [-0.2, 0) is 6.42 Å². The van der Waals surface area contributed by atoms with Crippen molar-refractivity contribution in [1.29, 1.82) is 0 Å². The minimum absolute atomic E-state index is 0.149. The molecule has 0 fully saturated rings. The largest absolute Gasteiger partial charge is 0.271 e. The lowest BCUT2D eigenvalue weighted by molar-refractivity contribution is 0.571. The molecule has 1 aromatic rings. The summed E-state index contributed by atoms with van der Waals surface area (Å²) >= 11 is 7.60. The Morgan fingerprint density at radius 1 is 1.44 bits per heavy atom. The molecule has 1 aromatic carbocycles. The molecule has 102 valence electrons. The maximum Gasteiger partial charge on any atom is 0.141 e. The van der Waals surface area contributed by atoms with E-state index in [9.17, 15) is 4.39 Å². The first-order valence-corrected chi connectivity index (χ1v) is 7.22. The van der Waals surface area contributed by atoms with Crippen LogP contribution < -0.4 is 11.3 Å². The highest BCUT2D eigenvalue weighted by atomic mass is 35.5. The van der Waals surface area contributed by atoms with E-state index in [-0.39, 0.29) is 21.6 Å². The number of nitrogens with one attached hydrogen (secondary N) is 1. The summed E-state index contributed by atoms with van der Waals surface area (Å²) in [5.74, 6) is 6.06. The second-order valence-electron chi connectivity index (χ2n) is 5.24. The molecular weight excluding hydrogens is 271 g/mol. The van der Waals surface area contributed by atoms with Crippen molar-refractivity contribution in [2.24, 2.45) is 5.84 Å². The lowest BCUT2D eigenvalue weighted by atomic mass is 10.1. The molecule has 0 aromatic heterocycles. The van der Waals surface area contributed by atoms with Gasteiger partial charge in [0.2, 0.25) is 0 Å². The van der Waals surface area contributed by atoms with E-state index in [1.54, 1.807) is 12.1 Å². The van der Waals surface area contributed by atoms with E-state index in [1.807, 2.05) is 11.8 Å². The molecule has 0 aliphatic rings. The first-order valence-electron chi connectivity index (χ1n) is 5.86. The van der Waals surface area contributed by atoms with E-state index in [1.165, 1.54) is 6.07 Å². The molecule has 0 aliphatic carbocycles. The van der Waals surface area contributed by atoms with Crippen molar-refractivity contribution in [1.82, 2.24) is 5.43 Å². The highest BCUT2D eigenvalue weighted by Crippen LogP contribution is 2.25. The molecule has 3 N–H and O–H groups in total. The van der Waals surface area contributed by atoms with E-state index in [4.69, 9.17) is 17.4 Å². The van der Waals surface area contributed by atoms with Crippen molar-refractivity contribution >= 4 is 23.4 Å². The smallest absolute Gasteiger partial charge is 0.141 e. The van der Waals surface area contributed by atoms with Gasteiger partial charge in [0, 0.05) is 16.5 Å². The molecule has 0 radical (unpaired) electrons. The van der Waals surface area contributed by atoms with Crippen molar-refractivity contribution in [3.63, 3.8) is 0 Å². The van der Waals surface area contributed by atoms with Crippen molar-refractivity contribution in [3.05, 3.63) is 34.6 Å². The number of thioether (sulfide) groups is 1. The van der Waals surface area contributed by atoms with Gasteiger partial charge in [0.05, 0.1) is 5.02 Å². The molecule has 0 saturated heterocycles. The van der Waals surface area contributed by atoms with Crippen LogP contribution in [0.5, 0.6) is 0 Å². The fourth-order valence-corrected chi connectivity index (χ4v) is 2.59. The summed E-state index contributed by atoms with van der Waals surface area (Å²) in [6, 6.07) is 4.94. The zero-order chi connectivity index (χ0) is 13.8. The van der Waals surface area contributed by atoms with Crippen LogP contribution in [0.4, 0.5) is 4.39 Å². The van der Waals surface area contributed by atoms with Crippen LogP contribution in [0, 0.1) is 5.82 Å². The maximum absolute atomic E-state index is 13.0.